The number of benzene rings is 1. The van der Waals surface area contributed by atoms with Crippen molar-refractivity contribution in [2.75, 3.05) is 0 Å². The van der Waals surface area contributed by atoms with E-state index in [-0.39, 0.29) is 24.7 Å². The molecule has 0 saturated carbocycles. The third-order valence-electron chi connectivity index (χ3n) is 3.10. The Hall–Kier alpha value is -1.59. The topological polar surface area (TPSA) is 102 Å². The van der Waals surface area contributed by atoms with Crippen LogP contribution in [-0.4, -0.2) is 28.2 Å². The molecule has 1 rings (SSSR count). The molecule has 0 bridgehead atoms. The molecule has 6 heteroatoms. The largest absolute Gasteiger partial charge is 1.00 e. The summed E-state index contributed by atoms with van der Waals surface area (Å²) in [6, 6.07) is 8.99. The number of aliphatic carboxylic acids is 2. The van der Waals surface area contributed by atoms with E-state index < -0.39 is 18.0 Å². The molecule has 0 radical (unpaired) electrons. The normalized spacial score (nSPS) is 13.1. The van der Waals surface area contributed by atoms with Gasteiger partial charge in [-0.05, 0) is 24.3 Å². The van der Waals surface area contributed by atoms with Gasteiger partial charge in [0.1, 0.15) is 0 Å². The average molecular weight is 302 g/mol. The number of rotatable bonds is 8. The highest BCUT2D eigenvalue weighted by Crippen LogP contribution is 2.19. The lowest BCUT2D eigenvalue weighted by molar-refractivity contribution is -0.411. The molecule has 5 N–H and O–H groups in total. The molecule has 0 spiro atoms. The molecule has 0 heterocycles. The van der Waals surface area contributed by atoms with Crippen LogP contribution in [0.25, 0.3) is 0 Å². The van der Waals surface area contributed by atoms with Crippen molar-refractivity contribution in [3.8, 4) is 0 Å². The van der Waals surface area contributed by atoms with Crippen molar-refractivity contribution in [3.63, 3.8) is 0 Å². The van der Waals surface area contributed by atoms with E-state index in [4.69, 9.17) is 10.2 Å². The minimum absolute atomic E-state index is 0. The number of carboxylic acids is 2. The summed E-state index contributed by atoms with van der Waals surface area (Å²) in [7, 11) is 0. The maximum Gasteiger partial charge on any atom is 0.362 e. The standard InChI is InChI=1S/C14H19NO4.ClH/c15-12(14(18)19)9-11(6-7-13(16)17)8-10-4-2-1-3-5-10;/h1-5,11-12H,6-9,15H2,(H,16,17)(H,18,19);1H/t11-,12+;/m0./s1. The van der Waals surface area contributed by atoms with Crippen LogP contribution in [0.1, 0.15) is 24.8 Å². The van der Waals surface area contributed by atoms with Crippen LogP contribution in [0.2, 0.25) is 0 Å². The van der Waals surface area contributed by atoms with Gasteiger partial charge in [0.25, 0.3) is 0 Å². The quantitative estimate of drug-likeness (QED) is 0.507. The molecule has 5 nitrogen and oxygen atoms in total. The maximum absolute atomic E-state index is 10.8. The highest BCUT2D eigenvalue weighted by Gasteiger charge is 2.22. The third-order valence-corrected chi connectivity index (χ3v) is 3.10. The molecular weight excluding hydrogens is 282 g/mol. The number of quaternary nitrogens is 1. The van der Waals surface area contributed by atoms with Gasteiger partial charge in [0.15, 0.2) is 6.04 Å². The highest BCUT2D eigenvalue weighted by atomic mass is 35.5. The Bertz CT molecular complexity index is 424. The zero-order valence-corrected chi connectivity index (χ0v) is 11.9. The summed E-state index contributed by atoms with van der Waals surface area (Å²) < 4.78 is 0. The summed E-state index contributed by atoms with van der Waals surface area (Å²) in [5.74, 6) is -1.76. The van der Waals surface area contributed by atoms with Gasteiger partial charge >= 0.3 is 11.9 Å². The van der Waals surface area contributed by atoms with E-state index in [1.807, 2.05) is 30.3 Å². The van der Waals surface area contributed by atoms with Crippen LogP contribution < -0.4 is 18.1 Å². The van der Waals surface area contributed by atoms with Crippen molar-refractivity contribution in [2.45, 2.75) is 31.7 Å². The van der Waals surface area contributed by atoms with Gasteiger partial charge in [0, 0.05) is 12.8 Å². The zero-order chi connectivity index (χ0) is 14.3. The molecule has 0 fully saturated rings. The van der Waals surface area contributed by atoms with Gasteiger partial charge in [0.2, 0.25) is 0 Å². The van der Waals surface area contributed by atoms with Crippen molar-refractivity contribution in [2.24, 2.45) is 5.92 Å². The third kappa shape index (κ3) is 7.11. The predicted molar refractivity (Wildman–Crippen MR) is 69.4 cm³/mol. The van der Waals surface area contributed by atoms with Crippen LogP contribution in [0, 0.1) is 5.92 Å². The van der Waals surface area contributed by atoms with E-state index >= 15 is 0 Å². The molecule has 0 saturated heterocycles. The van der Waals surface area contributed by atoms with Crippen molar-refractivity contribution < 1.29 is 37.9 Å². The SMILES string of the molecule is [Cl-].[NH3+][C@H](C[C@@H](CCC(=O)O)Cc1ccccc1)C(=O)O. The summed E-state index contributed by atoms with van der Waals surface area (Å²) in [6.07, 6.45) is 1.62. The van der Waals surface area contributed by atoms with E-state index in [1.165, 1.54) is 0 Å². The number of halogens is 1. The average Bonchev–Trinajstić information content (AvgIpc) is 2.37. The van der Waals surface area contributed by atoms with Crippen LogP contribution in [-0.2, 0) is 16.0 Å². The van der Waals surface area contributed by atoms with Crippen LogP contribution in [0.5, 0.6) is 0 Å². The lowest BCUT2D eigenvalue weighted by atomic mass is 9.89. The molecule has 0 amide bonds. The van der Waals surface area contributed by atoms with Crippen molar-refractivity contribution in [1.29, 1.82) is 0 Å². The van der Waals surface area contributed by atoms with E-state index in [9.17, 15) is 9.59 Å². The Morgan fingerprint density at radius 3 is 2.25 bits per heavy atom. The summed E-state index contributed by atoms with van der Waals surface area (Å²) in [5.41, 5.74) is 4.69. The second-order valence-corrected chi connectivity index (χ2v) is 4.76. The molecule has 1 aromatic carbocycles. The minimum Gasteiger partial charge on any atom is -1.00 e. The van der Waals surface area contributed by atoms with Crippen molar-refractivity contribution in [1.82, 2.24) is 0 Å². The Balaban J connectivity index is 0.00000361. The van der Waals surface area contributed by atoms with Gasteiger partial charge in [-0.1, -0.05) is 30.3 Å². The molecule has 112 valence electrons. The van der Waals surface area contributed by atoms with Gasteiger partial charge < -0.3 is 28.4 Å². The second kappa shape index (κ2) is 9.34. The smallest absolute Gasteiger partial charge is 0.362 e. The number of hydrogen-bond acceptors (Lipinski definition) is 2. The molecule has 1 aromatic rings. The number of hydrogen-bond donors (Lipinski definition) is 3. The first-order chi connectivity index (χ1) is 8.99. The van der Waals surface area contributed by atoms with E-state index in [0.29, 0.717) is 19.3 Å². The predicted octanol–water partition coefficient (Wildman–Crippen LogP) is -2.20. The number of carbonyl (C=O) groups is 2. The fourth-order valence-electron chi connectivity index (χ4n) is 2.08. The van der Waals surface area contributed by atoms with Crippen molar-refractivity contribution >= 4 is 11.9 Å². The molecule has 0 unspecified atom stereocenters. The van der Waals surface area contributed by atoms with Crippen LogP contribution >= 0.6 is 0 Å². The highest BCUT2D eigenvalue weighted by molar-refractivity contribution is 5.71. The molecular formula is C14H20ClNO4. The van der Waals surface area contributed by atoms with Gasteiger partial charge in [-0.25, -0.2) is 4.79 Å². The lowest BCUT2D eigenvalue weighted by Gasteiger charge is -2.16. The maximum atomic E-state index is 10.8. The van der Waals surface area contributed by atoms with Gasteiger partial charge in [-0.3, -0.25) is 4.79 Å². The van der Waals surface area contributed by atoms with Gasteiger partial charge in [-0.15, -0.1) is 0 Å². The number of carboxylic acid groups (broad SMARTS) is 2. The first-order valence-electron chi connectivity index (χ1n) is 6.30. The molecule has 0 aliphatic heterocycles. The second-order valence-electron chi connectivity index (χ2n) is 4.76. The summed E-state index contributed by atoms with van der Waals surface area (Å²) >= 11 is 0. The molecule has 0 aliphatic carbocycles. The molecule has 0 aromatic heterocycles. The minimum atomic E-state index is -0.937. The Morgan fingerprint density at radius 2 is 1.75 bits per heavy atom. The molecule has 20 heavy (non-hydrogen) atoms. The molecule has 0 aliphatic rings. The molecule has 2 atom stereocenters. The zero-order valence-electron chi connectivity index (χ0n) is 11.2. The summed E-state index contributed by atoms with van der Waals surface area (Å²) in [4.78, 5) is 21.5. The first-order valence-corrected chi connectivity index (χ1v) is 6.30. The lowest BCUT2D eigenvalue weighted by Crippen LogP contribution is -3.00. The van der Waals surface area contributed by atoms with Crippen LogP contribution in [0.4, 0.5) is 0 Å². The van der Waals surface area contributed by atoms with E-state index in [1.54, 1.807) is 0 Å². The Morgan fingerprint density at radius 1 is 1.15 bits per heavy atom. The Kier molecular flexibility index (Phi) is 8.59. The van der Waals surface area contributed by atoms with Crippen LogP contribution in [0.3, 0.4) is 0 Å². The fraction of sp³-hybridized carbons (Fsp3) is 0.429. The Labute approximate surface area is 124 Å². The van der Waals surface area contributed by atoms with Crippen LogP contribution in [0.15, 0.2) is 30.3 Å². The van der Waals surface area contributed by atoms with E-state index in [2.05, 4.69) is 5.73 Å². The monoisotopic (exact) mass is 301 g/mol. The van der Waals surface area contributed by atoms with Gasteiger partial charge in [-0.2, -0.15) is 0 Å². The summed E-state index contributed by atoms with van der Waals surface area (Å²) in [5, 5.41) is 17.6. The summed E-state index contributed by atoms with van der Waals surface area (Å²) in [6.45, 7) is 0. The first kappa shape index (κ1) is 18.4. The van der Waals surface area contributed by atoms with E-state index in [0.717, 1.165) is 5.56 Å². The van der Waals surface area contributed by atoms with Crippen molar-refractivity contribution in [3.05, 3.63) is 35.9 Å². The fourth-order valence-corrected chi connectivity index (χ4v) is 2.08. The van der Waals surface area contributed by atoms with Gasteiger partial charge in [0.05, 0.1) is 0 Å².